The van der Waals surface area contributed by atoms with Crippen LogP contribution < -0.4 is 4.90 Å². The molecule has 10 heteroatoms. The van der Waals surface area contributed by atoms with Crippen LogP contribution in [0.15, 0.2) is 47.4 Å². The Balaban J connectivity index is 1.77. The molecule has 138 valence electrons. The van der Waals surface area contributed by atoms with Crippen LogP contribution in [-0.4, -0.2) is 48.9 Å². The molecular weight excluding hydrogens is 365 g/mol. The number of rotatable bonds is 4. The molecule has 0 unspecified atom stereocenters. The maximum atomic E-state index is 13.4. The Morgan fingerprint density at radius 3 is 2.23 bits per heavy atom. The van der Waals surface area contributed by atoms with Gasteiger partial charge in [-0.2, -0.15) is 8.70 Å². The summed E-state index contributed by atoms with van der Waals surface area (Å²) >= 11 is 0. The number of benzene rings is 2. The lowest BCUT2D eigenvalue weighted by Crippen LogP contribution is -2.48. The van der Waals surface area contributed by atoms with Gasteiger partial charge in [0.2, 0.25) is 15.8 Å². The summed E-state index contributed by atoms with van der Waals surface area (Å²) in [5, 5.41) is 20.2. The Morgan fingerprint density at radius 1 is 1.04 bits per heavy atom. The molecule has 0 amide bonds. The maximum Gasteiger partial charge on any atom is 0.306 e. The average Bonchev–Trinajstić information content (AvgIpc) is 2.62. The summed E-state index contributed by atoms with van der Waals surface area (Å²) in [6.45, 7) is 1.23. The van der Waals surface area contributed by atoms with E-state index in [1.807, 2.05) is 4.90 Å². The molecule has 1 heterocycles. The Bertz CT molecular complexity index is 925. The molecule has 1 saturated heterocycles. The number of nitro benzene ring substituents is 1. The molecule has 1 fully saturated rings. The van der Waals surface area contributed by atoms with Crippen LogP contribution >= 0.6 is 0 Å². The van der Waals surface area contributed by atoms with E-state index in [0.29, 0.717) is 13.1 Å². The second kappa shape index (κ2) is 6.89. The molecule has 0 saturated carbocycles. The van der Waals surface area contributed by atoms with Crippen molar-refractivity contribution >= 4 is 21.4 Å². The van der Waals surface area contributed by atoms with Crippen molar-refractivity contribution in [1.82, 2.24) is 4.31 Å². The molecule has 0 radical (unpaired) electrons. The zero-order valence-electron chi connectivity index (χ0n) is 13.6. The molecule has 0 atom stereocenters. The minimum absolute atomic E-state index is 0.146. The van der Waals surface area contributed by atoms with Crippen LogP contribution in [0.25, 0.3) is 0 Å². The fourth-order valence-corrected chi connectivity index (χ4v) is 4.23. The predicted molar refractivity (Wildman–Crippen MR) is 92.1 cm³/mol. The Labute approximate surface area is 149 Å². The minimum atomic E-state index is -3.95. The average molecular weight is 381 g/mol. The Hall–Kier alpha value is -2.72. The highest BCUT2D eigenvalue weighted by Gasteiger charge is 2.30. The van der Waals surface area contributed by atoms with Crippen molar-refractivity contribution in [2.24, 2.45) is 0 Å². The number of sulfonamides is 1. The first kappa shape index (κ1) is 18.1. The topological polar surface area (TPSA) is 104 Å². The van der Waals surface area contributed by atoms with Crippen molar-refractivity contribution < 1.29 is 22.8 Å². The van der Waals surface area contributed by atoms with Crippen LogP contribution in [0.3, 0.4) is 0 Å². The Kier molecular flexibility index (Phi) is 4.79. The van der Waals surface area contributed by atoms with E-state index in [1.54, 1.807) is 24.3 Å². The van der Waals surface area contributed by atoms with Crippen LogP contribution in [0.2, 0.25) is 0 Å². The lowest BCUT2D eigenvalue weighted by atomic mass is 10.2. The van der Waals surface area contributed by atoms with Crippen molar-refractivity contribution in [3.05, 3.63) is 58.4 Å². The fraction of sp³-hybridized carbons (Fsp3) is 0.250. The van der Waals surface area contributed by atoms with Gasteiger partial charge < -0.3 is 10.0 Å². The van der Waals surface area contributed by atoms with Gasteiger partial charge in [-0.15, -0.1) is 0 Å². The molecule has 8 nitrogen and oxygen atoms in total. The number of phenolic OH excluding ortho intramolecular Hbond substituents is 1. The van der Waals surface area contributed by atoms with Gasteiger partial charge in [0.25, 0.3) is 0 Å². The normalized spacial score (nSPS) is 15.8. The van der Waals surface area contributed by atoms with Gasteiger partial charge >= 0.3 is 5.69 Å². The van der Waals surface area contributed by atoms with E-state index in [-0.39, 0.29) is 23.7 Å². The first-order chi connectivity index (χ1) is 12.3. The second-order valence-electron chi connectivity index (χ2n) is 5.78. The first-order valence-corrected chi connectivity index (χ1v) is 9.21. The quantitative estimate of drug-likeness (QED) is 0.641. The summed E-state index contributed by atoms with van der Waals surface area (Å²) < 4.78 is 40.0. The first-order valence-electron chi connectivity index (χ1n) is 7.77. The maximum absolute atomic E-state index is 13.4. The van der Waals surface area contributed by atoms with Crippen molar-refractivity contribution in [3.8, 4) is 5.75 Å². The van der Waals surface area contributed by atoms with Crippen molar-refractivity contribution in [2.45, 2.75) is 4.90 Å². The number of phenols is 1. The molecule has 0 aromatic heterocycles. The number of halogens is 1. The minimum Gasteiger partial charge on any atom is -0.508 e. The summed E-state index contributed by atoms with van der Waals surface area (Å²) in [6.07, 6.45) is 0. The molecule has 1 aliphatic rings. The molecular formula is C16H16FN3O5S. The number of aromatic hydroxyl groups is 1. The fourth-order valence-electron chi connectivity index (χ4n) is 2.79. The zero-order chi connectivity index (χ0) is 18.9. The SMILES string of the molecule is O=[N+]([O-])c1cc(S(=O)(=O)N2CCN(c3ccc(O)cc3)CC2)ccc1F. The van der Waals surface area contributed by atoms with E-state index in [9.17, 15) is 28.0 Å². The molecule has 0 aliphatic carbocycles. The van der Waals surface area contributed by atoms with Crippen LogP contribution in [-0.2, 0) is 10.0 Å². The van der Waals surface area contributed by atoms with Gasteiger partial charge in [-0.1, -0.05) is 0 Å². The highest BCUT2D eigenvalue weighted by atomic mass is 32.2. The number of anilines is 1. The third-order valence-electron chi connectivity index (χ3n) is 4.21. The standard InChI is InChI=1S/C16H16FN3O5S/c17-15-6-5-14(11-16(15)20(22)23)26(24,25)19-9-7-18(8-10-19)12-1-3-13(21)4-2-12/h1-6,11,21H,7-10H2. The summed E-state index contributed by atoms with van der Waals surface area (Å²) in [6, 6.07) is 9.15. The van der Waals surface area contributed by atoms with Crippen molar-refractivity contribution in [1.29, 1.82) is 0 Å². The monoisotopic (exact) mass is 381 g/mol. The zero-order valence-corrected chi connectivity index (χ0v) is 14.4. The van der Waals surface area contributed by atoms with Crippen LogP contribution in [0.1, 0.15) is 0 Å². The molecule has 1 N–H and O–H groups in total. The summed E-state index contributed by atoms with van der Waals surface area (Å²) in [5.74, 6) is -0.932. The number of nitrogens with zero attached hydrogens (tertiary/aromatic N) is 3. The lowest BCUT2D eigenvalue weighted by molar-refractivity contribution is -0.387. The molecule has 2 aromatic rings. The van der Waals surface area contributed by atoms with Gasteiger partial charge in [-0.25, -0.2) is 8.42 Å². The highest BCUT2D eigenvalue weighted by Crippen LogP contribution is 2.26. The van der Waals surface area contributed by atoms with E-state index in [1.165, 1.54) is 4.31 Å². The van der Waals surface area contributed by atoms with Crippen LogP contribution in [0.5, 0.6) is 5.75 Å². The molecule has 2 aromatic carbocycles. The van der Waals surface area contributed by atoms with Crippen molar-refractivity contribution in [2.75, 3.05) is 31.1 Å². The van der Waals surface area contributed by atoms with E-state index >= 15 is 0 Å². The molecule has 3 rings (SSSR count). The molecule has 0 spiro atoms. The number of piperazine rings is 1. The highest BCUT2D eigenvalue weighted by molar-refractivity contribution is 7.89. The predicted octanol–water partition coefficient (Wildman–Crippen LogP) is 1.95. The smallest absolute Gasteiger partial charge is 0.306 e. The third kappa shape index (κ3) is 3.46. The van der Waals surface area contributed by atoms with Gasteiger partial charge in [0.05, 0.1) is 9.82 Å². The van der Waals surface area contributed by atoms with E-state index in [2.05, 4.69) is 0 Å². The summed E-state index contributed by atoms with van der Waals surface area (Å²) in [5.41, 5.74) is -0.00827. The number of nitro groups is 1. The van der Waals surface area contributed by atoms with Gasteiger partial charge in [-0.05, 0) is 36.4 Å². The van der Waals surface area contributed by atoms with Gasteiger partial charge in [0.1, 0.15) is 5.75 Å². The van der Waals surface area contributed by atoms with Gasteiger partial charge in [0, 0.05) is 37.9 Å². The van der Waals surface area contributed by atoms with Gasteiger partial charge in [0.15, 0.2) is 0 Å². The van der Waals surface area contributed by atoms with Gasteiger partial charge in [-0.3, -0.25) is 10.1 Å². The van der Waals surface area contributed by atoms with Crippen LogP contribution in [0, 0.1) is 15.9 Å². The summed E-state index contributed by atoms with van der Waals surface area (Å²) in [4.78, 5) is 11.6. The molecule has 26 heavy (non-hydrogen) atoms. The number of hydrogen-bond donors (Lipinski definition) is 1. The largest absolute Gasteiger partial charge is 0.508 e. The van der Waals surface area contributed by atoms with Crippen LogP contribution in [0.4, 0.5) is 15.8 Å². The summed E-state index contributed by atoms with van der Waals surface area (Å²) in [7, 11) is -3.95. The third-order valence-corrected chi connectivity index (χ3v) is 6.10. The lowest BCUT2D eigenvalue weighted by Gasteiger charge is -2.35. The second-order valence-corrected chi connectivity index (χ2v) is 7.72. The van der Waals surface area contributed by atoms with E-state index in [4.69, 9.17) is 0 Å². The van der Waals surface area contributed by atoms with E-state index in [0.717, 1.165) is 23.9 Å². The number of hydrogen-bond acceptors (Lipinski definition) is 6. The van der Waals surface area contributed by atoms with E-state index < -0.39 is 26.5 Å². The molecule has 0 bridgehead atoms. The van der Waals surface area contributed by atoms with Crippen molar-refractivity contribution in [3.63, 3.8) is 0 Å². The molecule has 1 aliphatic heterocycles. The Morgan fingerprint density at radius 2 is 1.65 bits per heavy atom.